The molecule has 2 atom stereocenters. The van der Waals surface area contributed by atoms with E-state index in [0.29, 0.717) is 17.3 Å². The van der Waals surface area contributed by atoms with Crippen molar-refractivity contribution in [1.29, 1.82) is 0 Å². The number of hydrazine groups is 1. The molecule has 2 amide bonds. The molecule has 2 fully saturated rings. The molecule has 96 valence electrons. The van der Waals surface area contributed by atoms with Crippen LogP contribution in [0.5, 0.6) is 0 Å². The van der Waals surface area contributed by atoms with Gasteiger partial charge in [-0.2, -0.15) is 8.42 Å². The first-order valence-electron chi connectivity index (χ1n) is 4.78. The number of carbonyl (C=O) groups is 2. The quantitative estimate of drug-likeness (QED) is 0.453. The molecule has 9 nitrogen and oxygen atoms in total. The number of β-lactam (4-membered cyclic amide) rings is 1. The predicted octanol–water partition coefficient (Wildman–Crippen LogP) is -1.65. The molecule has 10 heteroatoms. The Hall–Kier alpha value is -1.39. The van der Waals surface area contributed by atoms with Crippen LogP contribution in [0, 0.1) is 0 Å². The van der Waals surface area contributed by atoms with E-state index in [9.17, 15) is 18.0 Å². The summed E-state index contributed by atoms with van der Waals surface area (Å²) in [6.07, 6.45) is -0.385. The highest BCUT2D eigenvalue weighted by atomic mass is 32.2. The molecule has 0 unspecified atom stereocenters. The average molecular weight is 265 g/mol. The van der Waals surface area contributed by atoms with Crippen LogP contribution in [0.1, 0.15) is 6.42 Å². The van der Waals surface area contributed by atoms with E-state index < -0.39 is 34.4 Å². The zero-order chi connectivity index (χ0) is 12.8. The van der Waals surface area contributed by atoms with Crippen molar-refractivity contribution in [3.8, 4) is 0 Å². The number of fused-ring (bicyclic) bond motifs is 1. The van der Waals surface area contributed by atoms with Crippen LogP contribution in [-0.4, -0.2) is 60.0 Å². The molecule has 0 spiro atoms. The fraction of sp³-hybridized carbons (Fsp3) is 0.714. The number of nitrogens with one attached hydrogen (secondary N) is 1. The lowest BCUT2D eigenvalue weighted by Crippen LogP contribution is -2.69. The minimum Gasteiger partial charge on any atom is -0.452 e. The summed E-state index contributed by atoms with van der Waals surface area (Å²) < 4.78 is 35.4. The van der Waals surface area contributed by atoms with E-state index in [1.165, 1.54) is 12.1 Å². The lowest BCUT2D eigenvalue weighted by atomic mass is 10.0. The first-order chi connectivity index (χ1) is 7.86. The maximum absolute atomic E-state index is 11.5. The van der Waals surface area contributed by atoms with Crippen molar-refractivity contribution < 1.29 is 27.3 Å². The zero-order valence-electron chi connectivity index (χ0n) is 8.86. The van der Waals surface area contributed by atoms with E-state index in [-0.39, 0.29) is 0 Å². The van der Waals surface area contributed by atoms with Gasteiger partial charge in [0.2, 0.25) is 0 Å². The molecule has 2 aliphatic heterocycles. The summed E-state index contributed by atoms with van der Waals surface area (Å²) in [5.41, 5.74) is 2.31. The second-order valence-electron chi connectivity index (χ2n) is 3.71. The van der Waals surface area contributed by atoms with Gasteiger partial charge in [-0.05, 0) is 6.42 Å². The third kappa shape index (κ3) is 1.83. The van der Waals surface area contributed by atoms with Crippen molar-refractivity contribution in [2.45, 2.75) is 18.5 Å². The molecule has 0 aromatic carbocycles. The Bertz CT molecular complexity index is 462. The van der Waals surface area contributed by atoms with Gasteiger partial charge in [0.15, 0.2) is 0 Å². The summed E-state index contributed by atoms with van der Waals surface area (Å²) in [6, 6.07) is -1.38. The molecular formula is C7H11N3O6S. The number of carbonyl (C=O) groups excluding carboxylic acids is 2. The van der Waals surface area contributed by atoms with Gasteiger partial charge in [-0.15, -0.1) is 0 Å². The summed E-state index contributed by atoms with van der Waals surface area (Å²) in [4.78, 5) is 22.5. The van der Waals surface area contributed by atoms with Gasteiger partial charge >= 0.3 is 16.4 Å². The van der Waals surface area contributed by atoms with Crippen LogP contribution in [-0.2, 0) is 19.8 Å². The molecule has 0 aliphatic carbocycles. The fourth-order valence-corrected chi connectivity index (χ4v) is 3.00. The molecule has 0 aromatic heterocycles. The van der Waals surface area contributed by atoms with Crippen LogP contribution in [0.25, 0.3) is 0 Å². The van der Waals surface area contributed by atoms with Crippen LogP contribution in [0.2, 0.25) is 0 Å². The molecule has 2 saturated heterocycles. The van der Waals surface area contributed by atoms with Crippen molar-refractivity contribution in [2.75, 3.05) is 13.7 Å². The van der Waals surface area contributed by atoms with Gasteiger partial charge in [-0.3, -0.25) is 14.8 Å². The number of amides is 2. The van der Waals surface area contributed by atoms with Crippen LogP contribution in [0.15, 0.2) is 0 Å². The first-order valence-corrected chi connectivity index (χ1v) is 6.18. The Balaban J connectivity index is 2.08. The maximum Gasteiger partial charge on any atom is 0.421 e. The van der Waals surface area contributed by atoms with Crippen molar-refractivity contribution >= 4 is 22.3 Å². The Morgan fingerprint density at radius 1 is 1.59 bits per heavy atom. The van der Waals surface area contributed by atoms with Gasteiger partial charge < -0.3 is 4.74 Å². The van der Waals surface area contributed by atoms with Crippen molar-refractivity contribution in [3.63, 3.8) is 0 Å². The van der Waals surface area contributed by atoms with Crippen LogP contribution >= 0.6 is 0 Å². The van der Waals surface area contributed by atoms with Gasteiger partial charge in [-0.25, -0.2) is 14.1 Å². The number of ether oxygens (including phenoxy) is 1. The highest BCUT2D eigenvalue weighted by Crippen LogP contribution is 2.34. The topological polar surface area (TPSA) is 116 Å². The standard InChI is InChI=1S/C7H11N3O6S/c1-16-7(12)8-9-3-2-4-5(9)6(11)10(4)17(13,14)15/h4-5H,2-3H2,1H3,(H,8,12)(H,13,14,15)/t4-,5+/m1/s1. The monoisotopic (exact) mass is 265 g/mol. The van der Waals surface area contributed by atoms with Gasteiger partial charge in [0.25, 0.3) is 5.91 Å². The van der Waals surface area contributed by atoms with Gasteiger partial charge in [0.05, 0.1) is 13.2 Å². The number of hydrogen-bond acceptors (Lipinski definition) is 6. The molecule has 0 saturated carbocycles. The molecule has 0 radical (unpaired) electrons. The highest BCUT2D eigenvalue weighted by molar-refractivity contribution is 7.84. The van der Waals surface area contributed by atoms with E-state index in [1.807, 2.05) is 0 Å². The third-order valence-electron chi connectivity index (χ3n) is 2.81. The summed E-state index contributed by atoms with van der Waals surface area (Å²) in [6.45, 7) is 0.308. The number of hydrogen-bond donors (Lipinski definition) is 2. The van der Waals surface area contributed by atoms with Crippen molar-refractivity contribution in [1.82, 2.24) is 14.7 Å². The van der Waals surface area contributed by atoms with E-state index in [0.717, 1.165) is 0 Å². The van der Waals surface area contributed by atoms with Crippen molar-refractivity contribution in [2.24, 2.45) is 0 Å². The Morgan fingerprint density at radius 3 is 2.76 bits per heavy atom. The maximum atomic E-state index is 11.5. The lowest BCUT2D eigenvalue weighted by molar-refractivity contribution is -0.146. The smallest absolute Gasteiger partial charge is 0.421 e. The van der Waals surface area contributed by atoms with Gasteiger partial charge in [-0.1, -0.05) is 0 Å². The van der Waals surface area contributed by atoms with Gasteiger partial charge in [0.1, 0.15) is 6.04 Å². The summed E-state index contributed by atoms with van der Waals surface area (Å²) >= 11 is 0. The Kier molecular flexibility index (Phi) is 2.72. The van der Waals surface area contributed by atoms with Gasteiger partial charge in [0, 0.05) is 6.54 Å². The fourth-order valence-electron chi connectivity index (χ4n) is 2.10. The Labute approximate surface area is 97.2 Å². The largest absolute Gasteiger partial charge is 0.452 e. The lowest BCUT2D eigenvalue weighted by Gasteiger charge is -2.42. The second-order valence-corrected chi connectivity index (χ2v) is 5.00. The summed E-state index contributed by atoms with van der Waals surface area (Å²) in [5.74, 6) is -0.758. The summed E-state index contributed by atoms with van der Waals surface area (Å²) in [5, 5.41) is 1.31. The average Bonchev–Trinajstić information content (AvgIpc) is 2.53. The Morgan fingerprint density at radius 2 is 2.24 bits per heavy atom. The second kappa shape index (κ2) is 3.82. The molecule has 17 heavy (non-hydrogen) atoms. The molecule has 0 bridgehead atoms. The molecule has 2 rings (SSSR count). The SMILES string of the molecule is COC(=O)NN1CC[C@@H]2[C@H]1C(=O)N2S(=O)(=O)O. The molecule has 0 aromatic rings. The predicted molar refractivity (Wildman–Crippen MR) is 52.8 cm³/mol. The van der Waals surface area contributed by atoms with E-state index in [1.54, 1.807) is 0 Å². The van der Waals surface area contributed by atoms with E-state index in [2.05, 4.69) is 10.2 Å². The normalized spacial score (nSPS) is 28.6. The number of rotatable bonds is 2. The third-order valence-corrected chi connectivity index (χ3v) is 3.75. The first kappa shape index (κ1) is 12.1. The molecule has 2 aliphatic rings. The number of methoxy groups -OCH3 is 1. The summed E-state index contributed by atoms with van der Waals surface area (Å²) in [7, 11) is -3.34. The molecule has 2 heterocycles. The number of nitrogens with zero attached hydrogens (tertiary/aromatic N) is 2. The minimum absolute atomic E-state index is 0.308. The van der Waals surface area contributed by atoms with Crippen LogP contribution in [0.3, 0.4) is 0 Å². The van der Waals surface area contributed by atoms with Crippen LogP contribution in [0.4, 0.5) is 4.79 Å². The van der Waals surface area contributed by atoms with E-state index in [4.69, 9.17) is 4.55 Å². The highest BCUT2D eigenvalue weighted by Gasteiger charge is 2.59. The van der Waals surface area contributed by atoms with Crippen molar-refractivity contribution in [3.05, 3.63) is 0 Å². The molecule has 2 N–H and O–H groups in total. The molecular weight excluding hydrogens is 254 g/mol. The minimum atomic E-state index is -4.51. The van der Waals surface area contributed by atoms with E-state index >= 15 is 0 Å². The van der Waals surface area contributed by atoms with Crippen LogP contribution < -0.4 is 5.43 Å². The zero-order valence-corrected chi connectivity index (χ0v) is 9.68.